The Bertz CT molecular complexity index is 203. The van der Waals surface area contributed by atoms with Crippen LogP contribution in [0.3, 0.4) is 0 Å². The van der Waals surface area contributed by atoms with Crippen molar-refractivity contribution in [2.75, 3.05) is 31.6 Å². The molecule has 2 aliphatic heterocycles. The summed E-state index contributed by atoms with van der Waals surface area (Å²) in [5, 5.41) is 0.995. The molecule has 0 N–H and O–H groups in total. The second-order valence-electron chi connectivity index (χ2n) is 4.52. The summed E-state index contributed by atoms with van der Waals surface area (Å²) in [6, 6.07) is 0.526. The van der Waals surface area contributed by atoms with Gasteiger partial charge in [-0.15, -0.1) is 0 Å². The number of nitrogens with zero attached hydrogens (tertiary/aromatic N) is 1. The zero-order chi connectivity index (χ0) is 10.7. The van der Waals surface area contributed by atoms with Crippen LogP contribution < -0.4 is 0 Å². The molecule has 2 fully saturated rings. The maximum absolute atomic E-state index is 5.86. The van der Waals surface area contributed by atoms with E-state index >= 15 is 0 Å². The fourth-order valence-corrected chi connectivity index (χ4v) is 2.95. The fraction of sp³-hybridized carbons (Fsp3) is 1.00. The summed E-state index contributed by atoms with van der Waals surface area (Å²) in [6.45, 7) is 6.01. The monoisotopic (exact) mass is 277 g/mol. The van der Waals surface area contributed by atoms with E-state index in [1.165, 1.54) is 12.8 Å². The van der Waals surface area contributed by atoms with Crippen molar-refractivity contribution < 1.29 is 9.47 Å². The van der Waals surface area contributed by atoms with E-state index in [4.69, 9.17) is 9.47 Å². The van der Waals surface area contributed by atoms with Crippen molar-refractivity contribution in [1.82, 2.24) is 4.90 Å². The van der Waals surface area contributed by atoms with Crippen LogP contribution in [0.1, 0.15) is 19.8 Å². The van der Waals surface area contributed by atoms with Crippen LogP contribution in [-0.4, -0.2) is 54.8 Å². The lowest BCUT2D eigenvalue weighted by molar-refractivity contribution is -0.0319. The molecule has 0 bridgehead atoms. The Balaban J connectivity index is 1.81. The molecule has 88 valence electrons. The molecular weight excluding hydrogens is 258 g/mol. The molecule has 0 aromatic carbocycles. The minimum Gasteiger partial charge on any atom is -0.378 e. The highest BCUT2D eigenvalue weighted by Gasteiger charge is 2.28. The SMILES string of the molecule is CC1CCC(CN2CCOCC2CBr)O1. The summed E-state index contributed by atoms with van der Waals surface area (Å²) in [4.78, 5) is 2.50. The van der Waals surface area contributed by atoms with E-state index in [2.05, 4.69) is 27.8 Å². The standard InChI is InChI=1S/C11H20BrNO2/c1-9-2-3-11(15-9)7-13-4-5-14-8-10(13)6-12/h9-11H,2-8H2,1H3. The predicted octanol–water partition coefficient (Wildman–Crippen LogP) is 1.65. The van der Waals surface area contributed by atoms with Gasteiger partial charge in [-0.25, -0.2) is 0 Å². The molecule has 2 rings (SSSR count). The third-order valence-corrected chi connectivity index (χ3v) is 4.03. The molecule has 0 spiro atoms. The Labute approximate surface area is 100 Å². The first kappa shape index (κ1) is 11.8. The van der Waals surface area contributed by atoms with Crippen LogP contribution in [0.15, 0.2) is 0 Å². The van der Waals surface area contributed by atoms with Crippen molar-refractivity contribution in [3.63, 3.8) is 0 Å². The molecule has 2 saturated heterocycles. The number of hydrogen-bond acceptors (Lipinski definition) is 3. The molecule has 15 heavy (non-hydrogen) atoms. The number of ether oxygens (including phenoxy) is 2. The summed E-state index contributed by atoms with van der Waals surface area (Å²) in [5.41, 5.74) is 0. The molecule has 0 amide bonds. The molecule has 3 unspecified atom stereocenters. The maximum atomic E-state index is 5.86. The molecule has 3 atom stereocenters. The van der Waals surface area contributed by atoms with Crippen molar-refractivity contribution in [3.05, 3.63) is 0 Å². The van der Waals surface area contributed by atoms with Gasteiger partial charge in [0.25, 0.3) is 0 Å². The minimum atomic E-state index is 0.444. The second kappa shape index (κ2) is 5.62. The first-order chi connectivity index (χ1) is 7.29. The van der Waals surface area contributed by atoms with Crippen LogP contribution in [0.25, 0.3) is 0 Å². The number of hydrogen-bond donors (Lipinski definition) is 0. The van der Waals surface area contributed by atoms with Gasteiger partial charge in [0.2, 0.25) is 0 Å². The Morgan fingerprint density at radius 2 is 2.27 bits per heavy atom. The molecule has 0 saturated carbocycles. The Morgan fingerprint density at radius 3 is 2.93 bits per heavy atom. The van der Waals surface area contributed by atoms with Gasteiger partial charge in [0.05, 0.1) is 25.4 Å². The van der Waals surface area contributed by atoms with E-state index in [1.54, 1.807) is 0 Å². The van der Waals surface area contributed by atoms with Gasteiger partial charge in [0.15, 0.2) is 0 Å². The van der Waals surface area contributed by atoms with E-state index < -0.39 is 0 Å². The fourth-order valence-electron chi connectivity index (χ4n) is 2.35. The van der Waals surface area contributed by atoms with Gasteiger partial charge in [-0.3, -0.25) is 4.90 Å². The number of morpholine rings is 1. The van der Waals surface area contributed by atoms with E-state index in [0.29, 0.717) is 18.2 Å². The summed E-state index contributed by atoms with van der Waals surface area (Å²) in [6.07, 6.45) is 3.33. The Kier molecular flexibility index (Phi) is 4.43. The highest BCUT2D eigenvalue weighted by atomic mass is 79.9. The number of halogens is 1. The average molecular weight is 278 g/mol. The largest absolute Gasteiger partial charge is 0.378 e. The van der Waals surface area contributed by atoms with Crippen LogP contribution in [0.4, 0.5) is 0 Å². The van der Waals surface area contributed by atoms with Crippen molar-refractivity contribution in [1.29, 1.82) is 0 Å². The topological polar surface area (TPSA) is 21.7 Å². The lowest BCUT2D eigenvalue weighted by atomic mass is 10.1. The van der Waals surface area contributed by atoms with Gasteiger partial charge in [0.1, 0.15) is 0 Å². The predicted molar refractivity (Wildman–Crippen MR) is 63.5 cm³/mol. The van der Waals surface area contributed by atoms with Crippen molar-refractivity contribution >= 4 is 15.9 Å². The molecular formula is C11H20BrNO2. The first-order valence-corrected chi connectivity index (χ1v) is 6.95. The van der Waals surface area contributed by atoms with Crippen LogP contribution in [-0.2, 0) is 9.47 Å². The molecule has 2 heterocycles. The normalized spacial score (nSPS) is 38.4. The summed E-state index contributed by atoms with van der Waals surface area (Å²) in [5.74, 6) is 0. The first-order valence-electron chi connectivity index (χ1n) is 5.83. The van der Waals surface area contributed by atoms with Crippen LogP contribution in [0.2, 0.25) is 0 Å². The number of rotatable bonds is 3. The summed E-state index contributed by atoms with van der Waals surface area (Å²) < 4.78 is 11.3. The van der Waals surface area contributed by atoms with Gasteiger partial charge in [0, 0.05) is 24.5 Å². The van der Waals surface area contributed by atoms with Crippen molar-refractivity contribution in [2.24, 2.45) is 0 Å². The lowest BCUT2D eigenvalue weighted by Gasteiger charge is -2.35. The third kappa shape index (κ3) is 3.16. The molecule has 2 aliphatic rings. The summed E-state index contributed by atoms with van der Waals surface area (Å²) >= 11 is 3.55. The Hall–Kier alpha value is 0.360. The lowest BCUT2D eigenvalue weighted by Crippen LogP contribution is -2.49. The van der Waals surface area contributed by atoms with E-state index in [1.807, 2.05) is 0 Å². The van der Waals surface area contributed by atoms with E-state index in [0.717, 1.165) is 31.6 Å². The van der Waals surface area contributed by atoms with Gasteiger partial charge in [-0.05, 0) is 19.8 Å². The van der Waals surface area contributed by atoms with E-state index in [9.17, 15) is 0 Å². The highest BCUT2D eigenvalue weighted by Crippen LogP contribution is 2.21. The molecule has 0 aromatic rings. The van der Waals surface area contributed by atoms with Crippen molar-refractivity contribution in [3.8, 4) is 0 Å². The van der Waals surface area contributed by atoms with Gasteiger partial charge < -0.3 is 9.47 Å². The molecule has 0 aromatic heterocycles. The van der Waals surface area contributed by atoms with Crippen molar-refractivity contribution in [2.45, 2.75) is 38.0 Å². The molecule has 0 aliphatic carbocycles. The zero-order valence-corrected chi connectivity index (χ0v) is 10.9. The second-order valence-corrected chi connectivity index (χ2v) is 5.17. The summed E-state index contributed by atoms with van der Waals surface area (Å²) in [7, 11) is 0. The van der Waals surface area contributed by atoms with Crippen LogP contribution in [0, 0.1) is 0 Å². The third-order valence-electron chi connectivity index (χ3n) is 3.29. The molecule has 0 radical (unpaired) electrons. The van der Waals surface area contributed by atoms with E-state index in [-0.39, 0.29) is 0 Å². The van der Waals surface area contributed by atoms with Gasteiger partial charge in [-0.1, -0.05) is 15.9 Å². The quantitative estimate of drug-likeness (QED) is 0.733. The number of alkyl halides is 1. The molecule has 4 heteroatoms. The minimum absolute atomic E-state index is 0.444. The maximum Gasteiger partial charge on any atom is 0.0706 e. The van der Waals surface area contributed by atoms with Crippen LogP contribution in [0.5, 0.6) is 0 Å². The highest BCUT2D eigenvalue weighted by molar-refractivity contribution is 9.09. The zero-order valence-electron chi connectivity index (χ0n) is 9.32. The molecule has 3 nitrogen and oxygen atoms in total. The van der Waals surface area contributed by atoms with Gasteiger partial charge >= 0.3 is 0 Å². The smallest absolute Gasteiger partial charge is 0.0706 e. The van der Waals surface area contributed by atoms with Gasteiger partial charge in [-0.2, -0.15) is 0 Å². The van der Waals surface area contributed by atoms with Crippen LogP contribution >= 0.6 is 15.9 Å². The Morgan fingerprint density at radius 1 is 1.40 bits per heavy atom. The average Bonchev–Trinajstić information content (AvgIpc) is 2.65.